The van der Waals surface area contributed by atoms with Crippen molar-refractivity contribution in [2.75, 3.05) is 0 Å². The zero-order chi connectivity index (χ0) is 15.5. The maximum absolute atomic E-state index is 12.3. The number of rotatable bonds is 4. The van der Waals surface area contributed by atoms with E-state index in [0.29, 0.717) is 5.56 Å². The predicted molar refractivity (Wildman–Crippen MR) is 85.5 cm³/mol. The summed E-state index contributed by atoms with van der Waals surface area (Å²) in [5.41, 5.74) is 2.44. The lowest BCUT2D eigenvalue weighted by Gasteiger charge is -2.32. The van der Waals surface area contributed by atoms with Crippen LogP contribution in [-0.4, -0.2) is 11.6 Å². The SMILES string of the molecule is Cc1ccccc1C(C)C(C)(C)OC(=O)c1ccccc1. The number of hydrogen-bond acceptors (Lipinski definition) is 2. The van der Waals surface area contributed by atoms with Crippen molar-refractivity contribution < 1.29 is 9.53 Å². The lowest BCUT2D eigenvalue weighted by atomic mass is 9.84. The zero-order valence-electron chi connectivity index (χ0n) is 13.1. The standard InChI is InChI=1S/C19H22O2/c1-14-10-8-9-13-17(14)15(2)19(3,4)21-18(20)16-11-6-5-7-12-16/h5-13,15H,1-4H3. The molecule has 0 aliphatic heterocycles. The largest absolute Gasteiger partial charge is 0.455 e. The van der Waals surface area contributed by atoms with Crippen LogP contribution in [0.25, 0.3) is 0 Å². The zero-order valence-corrected chi connectivity index (χ0v) is 13.1. The van der Waals surface area contributed by atoms with Crippen LogP contribution in [0.15, 0.2) is 54.6 Å². The maximum atomic E-state index is 12.3. The molecule has 2 rings (SSSR count). The van der Waals surface area contributed by atoms with Crippen molar-refractivity contribution in [1.29, 1.82) is 0 Å². The van der Waals surface area contributed by atoms with Gasteiger partial charge in [-0.05, 0) is 44.0 Å². The summed E-state index contributed by atoms with van der Waals surface area (Å²) in [5.74, 6) is -0.160. The fourth-order valence-corrected chi connectivity index (χ4v) is 2.41. The van der Waals surface area contributed by atoms with Gasteiger partial charge in [0.1, 0.15) is 5.60 Å². The predicted octanol–water partition coefficient (Wildman–Crippen LogP) is 4.73. The van der Waals surface area contributed by atoms with E-state index in [1.165, 1.54) is 11.1 Å². The molecule has 0 spiro atoms. The van der Waals surface area contributed by atoms with Gasteiger partial charge >= 0.3 is 5.97 Å². The van der Waals surface area contributed by atoms with Crippen LogP contribution < -0.4 is 0 Å². The molecule has 21 heavy (non-hydrogen) atoms. The first kappa shape index (κ1) is 15.3. The molecule has 110 valence electrons. The molecule has 2 heteroatoms. The van der Waals surface area contributed by atoms with Gasteiger partial charge in [-0.3, -0.25) is 0 Å². The molecule has 0 bridgehead atoms. The molecule has 0 aromatic heterocycles. The third-order valence-corrected chi connectivity index (χ3v) is 4.06. The van der Waals surface area contributed by atoms with Crippen LogP contribution in [0.3, 0.4) is 0 Å². The molecular weight excluding hydrogens is 260 g/mol. The summed E-state index contributed by atoms with van der Waals surface area (Å²) in [4.78, 5) is 12.3. The minimum absolute atomic E-state index is 0.117. The molecule has 0 amide bonds. The summed E-state index contributed by atoms with van der Waals surface area (Å²) in [6.45, 7) is 8.11. The Morgan fingerprint density at radius 3 is 2.19 bits per heavy atom. The number of carbonyl (C=O) groups is 1. The van der Waals surface area contributed by atoms with Crippen LogP contribution in [0.1, 0.15) is 48.2 Å². The van der Waals surface area contributed by atoms with Gasteiger partial charge in [0.25, 0.3) is 0 Å². The Hall–Kier alpha value is -2.09. The average molecular weight is 282 g/mol. The monoisotopic (exact) mass is 282 g/mol. The average Bonchev–Trinajstić information content (AvgIpc) is 2.47. The molecule has 0 aliphatic rings. The summed E-state index contributed by atoms with van der Waals surface area (Å²) in [6, 6.07) is 17.3. The molecule has 0 saturated carbocycles. The van der Waals surface area contributed by atoms with Crippen molar-refractivity contribution in [3.63, 3.8) is 0 Å². The number of carbonyl (C=O) groups excluding carboxylic acids is 1. The Kier molecular flexibility index (Phi) is 4.46. The quantitative estimate of drug-likeness (QED) is 0.757. The molecular formula is C19H22O2. The lowest BCUT2D eigenvalue weighted by Crippen LogP contribution is -2.34. The van der Waals surface area contributed by atoms with Crippen molar-refractivity contribution in [3.05, 3.63) is 71.3 Å². The third-order valence-electron chi connectivity index (χ3n) is 4.06. The van der Waals surface area contributed by atoms with Crippen LogP contribution in [0, 0.1) is 6.92 Å². The van der Waals surface area contributed by atoms with Crippen molar-refractivity contribution in [2.45, 2.75) is 39.2 Å². The summed E-state index contributed by atoms with van der Waals surface area (Å²) < 4.78 is 5.76. The highest BCUT2D eigenvalue weighted by atomic mass is 16.6. The van der Waals surface area contributed by atoms with Crippen LogP contribution in [0.4, 0.5) is 0 Å². The van der Waals surface area contributed by atoms with Crippen molar-refractivity contribution >= 4 is 5.97 Å². The number of benzene rings is 2. The van der Waals surface area contributed by atoms with Gasteiger partial charge in [-0.15, -0.1) is 0 Å². The van der Waals surface area contributed by atoms with E-state index in [0.717, 1.165) is 0 Å². The highest BCUT2D eigenvalue weighted by Crippen LogP contribution is 2.33. The van der Waals surface area contributed by atoms with Crippen molar-refractivity contribution in [2.24, 2.45) is 0 Å². The van der Waals surface area contributed by atoms with E-state index in [1.807, 2.05) is 44.2 Å². The molecule has 2 aromatic carbocycles. The minimum Gasteiger partial charge on any atom is -0.455 e. The van der Waals surface area contributed by atoms with Gasteiger partial charge < -0.3 is 4.74 Å². The van der Waals surface area contributed by atoms with Crippen LogP contribution in [-0.2, 0) is 4.74 Å². The van der Waals surface area contributed by atoms with Gasteiger partial charge in [-0.25, -0.2) is 4.79 Å². The second-order valence-corrected chi connectivity index (χ2v) is 5.94. The van der Waals surface area contributed by atoms with Crippen molar-refractivity contribution in [1.82, 2.24) is 0 Å². The summed E-state index contributed by atoms with van der Waals surface area (Å²) in [6.07, 6.45) is 0. The Morgan fingerprint density at radius 2 is 1.57 bits per heavy atom. The molecule has 0 heterocycles. The molecule has 0 N–H and O–H groups in total. The Bertz CT molecular complexity index is 614. The van der Waals surface area contributed by atoms with Gasteiger partial charge in [0.05, 0.1) is 5.56 Å². The first-order valence-corrected chi connectivity index (χ1v) is 7.26. The third kappa shape index (κ3) is 3.52. The molecule has 0 fully saturated rings. The van der Waals surface area contributed by atoms with Gasteiger partial charge in [0, 0.05) is 5.92 Å². The summed E-state index contributed by atoms with van der Waals surface area (Å²) in [7, 11) is 0. The van der Waals surface area contributed by atoms with Gasteiger partial charge in [0.2, 0.25) is 0 Å². The fraction of sp³-hybridized carbons (Fsp3) is 0.316. The highest BCUT2D eigenvalue weighted by molar-refractivity contribution is 5.89. The molecule has 2 aromatic rings. The lowest BCUT2D eigenvalue weighted by molar-refractivity contribution is -0.0111. The molecule has 0 aliphatic carbocycles. The van der Waals surface area contributed by atoms with E-state index >= 15 is 0 Å². The molecule has 1 unspecified atom stereocenters. The first-order chi connectivity index (χ1) is 9.92. The smallest absolute Gasteiger partial charge is 0.338 e. The first-order valence-electron chi connectivity index (χ1n) is 7.26. The normalized spacial score (nSPS) is 12.8. The molecule has 0 radical (unpaired) electrons. The Balaban J connectivity index is 2.18. The highest BCUT2D eigenvalue weighted by Gasteiger charge is 2.32. The summed E-state index contributed by atoms with van der Waals surface area (Å²) >= 11 is 0. The van der Waals surface area contributed by atoms with Gasteiger partial charge in [-0.2, -0.15) is 0 Å². The van der Waals surface area contributed by atoms with Crippen LogP contribution >= 0.6 is 0 Å². The number of aryl methyl sites for hydroxylation is 1. The fourth-order valence-electron chi connectivity index (χ4n) is 2.41. The van der Waals surface area contributed by atoms with E-state index in [1.54, 1.807) is 12.1 Å². The topological polar surface area (TPSA) is 26.3 Å². The van der Waals surface area contributed by atoms with E-state index in [-0.39, 0.29) is 11.9 Å². The van der Waals surface area contributed by atoms with E-state index in [4.69, 9.17) is 4.74 Å². The summed E-state index contributed by atoms with van der Waals surface area (Å²) in [5, 5.41) is 0. The molecule has 2 nitrogen and oxygen atoms in total. The number of ether oxygens (including phenoxy) is 1. The van der Waals surface area contributed by atoms with Gasteiger partial charge in [0.15, 0.2) is 0 Å². The number of hydrogen-bond donors (Lipinski definition) is 0. The van der Waals surface area contributed by atoms with Crippen LogP contribution in [0.2, 0.25) is 0 Å². The molecule has 0 saturated heterocycles. The van der Waals surface area contributed by atoms with E-state index < -0.39 is 5.60 Å². The Morgan fingerprint density at radius 1 is 1.00 bits per heavy atom. The van der Waals surface area contributed by atoms with E-state index in [2.05, 4.69) is 26.0 Å². The van der Waals surface area contributed by atoms with E-state index in [9.17, 15) is 4.79 Å². The number of esters is 1. The second kappa shape index (κ2) is 6.13. The minimum atomic E-state index is -0.570. The maximum Gasteiger partial charge on any atom is 0.338 e. The molecule has 1 atom stereocenters. The second-order valence-electron chi connectivity index (χ2n) is 5.94. The Labute approximate surface area is 126 Å². The van der Waals surface area contributed by atoms with Crippen molar-refractivity contribution in [3.8, 4) is 0 Å². The van der Waals surface area contributed by atoms with Gasteiger partial charge in [-0.1, -0.05) is 49.4 Å². The van der Waals surface area contributed by atoms with Crippen LogP contribution in [0.5, 0.6) is 0 Å².